The average Bonchev–Trinajstić information content (AvgIpc) is 3.16. The number of anilines is 1. The van der Waals surface area contributed by atoms with Crippen molar-refractivity contribution in [2.75, 3.05) is 18.5 Å². The van der Waals surface area contributed by atoms with E-state index in [1.165, 1.54) is 11.0 Å². The van der Waals surface area contributed by atoms with Crippen molar-refractivity contribution in [3.63, 3.8) is 0 Å². The highest BCUT2D eigenvalue weighted by Gasteiger charge is 2.17. The van der Waals surface area contributed by atoms with E-state index in [1.807, 2.05) is 12.1 Å². The Kier molecular flexibility index (Phi) is 4.40. The summed E-state index contributed by atoms with van der Waals surface area (Å²) in [4.78, 5) is 12.4. The molecular formula is C17H14ClN5O3. The quantitative estimate of drug-likeness (QED) is 0.756. The molecule has 0 fully saturated rings. The molecule has 9 heteroatoms. The van der Waals surface area contributed by atoms with Crippen molar-refractivity contribution < 1.29 is 14.3 Å². The molecule has 2 aromatic carbocycles. The maximum Gasteiger partial charge on any atom is 0.228 e. The Morgan fingerprint density at radius 1 is 1.23 bits per heavy atom. The molecule has 0 spiro atoms. The molecule has 0 aliphatic carbocycles. The Morgan fingerprint density at radius 2 is 2.12 bits per heavy atom. The van der Waals surface area contributed by atoms with Crippen LogP contribution in [0.5, 0.6) is 11.5 Å². The number of tetrazole rings is 1. The van der Waals surface area contributed by atoms with Crippen molar-refractivity contribution in [3.8, 4) is 17.2 Å². The third-order valence-electron chi connectivity index (χ3n) is 3.76. The minimum absolute atomic E-state index is 0.158. The molecule has 8 nitrogen and oxygen atoms in total. The Morgan fingerprint density at radius 3 is 2.96 bits per heavy atom. The minimum atomic E-state index is -0.174. The average molecular weight is 372 g/mol. The second-order valence-electron chi connectivity index (χ2n) is 5.63. The molecule has 0 unspecified atom stereocenters. The van der Waals surface area contributed by atoms with Crippen LogP contribution in [0, 0.1) is 0 Å². The lowest BCUT2D eigenvalue weighted by atomic mass is 10.1. The van der Waals surface area contributed by atoms with Crippen LogP contribution in [0.15, 0.2) is 42.7 Å². The van der Waals surface area contributed by atoms with Crippen molar-refractivity contribution in [2.24, 2.45) is 0 Å². The largest absolute Gasteiger partial charge is 0.486 e. The number of rotatable bonds is 4. The summed E-state index contributed by atoms with van der Waals surface area (Å²) >= 11 is 6.21. The zero-order valence-electron chi connectivity index (χ0n) is 13.6. The molecular weight excluding hydrogens is 358 g/mol. The molecule has 132 valence electrons. The monoisotopic (exact) mass is 371 g/mol. The van der Waals surface area contributed by atoms with Crippen LogP contribution in [0.4, 0.5) is 5.69 Å². The molecule has 1 amide bonds. The Bertz CT molecular complexity index is 946. The van der Waals surface area contributed by atoms with E-state index in [0.717, 1.165) is 11.3 Å². The summed E-state index contributed by atoms with van der Waals surface area (Å²) in [6.07, 6.45) is 1.64. The number of amides is 1. The van der Waals surface area contributed by atoms with Crippen LogP contribution in [0.2, 0.25) is 5.02 Å². The summed E-state index contributed by atoms with van der Waals surface area (Å²) in [7, 11) is 0. The van der Waals surface area contributed by atoms with Gasteiger partial charge in [-0.05, 0) is 46.3 Å². The van der Waals surface area contributed by atoms with Crippen molar-refractivity contribution >= 4 is 23.2 Å². The number of fused-ring (bicyclic) bond motifs is 1. The number of aromatic nitrogens is 4. The maximum absolute atomic E-state index is 12.4. The van der Waals surface area contributed by atoms with Gasteiger partial charge in [-0.3, -0.25) is 4.79 Å². The Balaban J connectivity index is 1.48. The molecule has 0 saturated carbocycles. The molecule has 0 saturated heterocycles. The first-order valence-electron chi connectivity index (χ1n) is 7.90. The summed E-state index contributed by atoms with van der Waals surface area (Å²) in [5.41, 5.74) is 2.13. The van der Waals surface area contributed by atoms with Gasteiger partial charge in [-0.15, -0.1) is 5.10 Å². The molecule has 26 heavy (non-hydrogen) atoms. The lowest BCUT2D eigenvalue weighted by molar-refractivity contribution is -0.115. The number of hydrogen-bond acceptors (Lipinski definition) is 6. The van der Waals surface area contributed by atoms with Crippen molar-refractivity contribution in [2.45, 2.75) is 6.42 Å². The van der Waals surface area contributed by atoms with Gasteiger partial charge in [0, 0.05) is 5.69 Å². The first kappa shape index (κ1) is 16.3. The van der Waals surface area contributed by atoms with E-state index in [1.54, 1.807) is 24.3 Å². The summed E-state index contributed by atoms with van der Waals surface area (Å²) in [5, 5.41) is 14.3. The van der Waals surface area contributed by atoms with Crippen LogP contribution in [0.3, 0.4) is 0 Å². The smallest absolute Gasteiger partial charge is 0.228 e. The molecule has 1 aromatic heterocycles. The molecule has 0 bridgehead atoms. The van der Waals surface area contributed by atoms with Gasteiger partial charge in [0.25, 0.3) is 0 Å². The number of ether oxygens (including phenoxy) is 2. The molecule has 4 rings (SSSR count). The highest BCUT2D eigenvalue weighted by Crippen LogP contribution is 2.38. The molecule has 3 aromatic rings. The van der Waals surface area contributed by atoms with E-state index in [4.69, 9.17) is 21.1 Å². The molecule has 1 aliphatic rings. The second kappa shape index (κ2) is 7.01. The SMILES string of the molecule is O=C(Cc1cc(Cl)c2c(c1)OCCO2)Nc1cccc(-n2cnnn2)c1. The first-order valence-corrected chi connectivity index (χ1v) is 8.28. The van der Waals surface area contributed by atoms with Gasteiger partial charge in [0.05, 0.1) is 17.1 Å². The summed E-state index contributed by atoms with van der Waals surface area (Å²) in [6.45, 7) is 0.924. The zero-order chi connectivity index (χ0) is 17.9. The summed E-state index contributed by atoms with van der Waals surface area (Å²) in [6, 6.07) is 10.7. The topological polar surface area (TPSA) is 91.2 Å². The summed E-state index contributed by atoms with van der Waals surface area (Å²) < 4.78 is 12.5. The van der Waals surface area contributed by atoms with Crippen LogP contribution >= 0.6 is 11.6 Å². The van der Waals surface area contributed by atoms with Crippen LogP contribution in [-0.4, -0.2) is 39.3 Å². The van der Waals surface area contributed by atoms with Crippen LogP contribution in [-0.2, 0) is 11.2 Å². The van der Waals surface area contributed by atoms with Crippen molar-refractivity contribution in [3.05, 3.63) is 53.3 Å². The first-order chi connectivity index (χ1) is 12.7. The molecule has 0 radical (unpaired) electrons. The fourth-order valence-corrected chi connectivity index (χ4v) is 2.95. The molecule has 1 aliphatic heterocycles. The van der Waals surface area contributed by atoms with E-state index in [0.29, 0.717) is 35.4 Å². The standard InChI is InChI=1S/C17H14ClN5O3/c18-14-6-11(7-15-17(14)26-5-4-25-15)8-16(24)20-12-2-1-3-13(9-12)23-10-19-21-22-23/h1-3,6-7,9-10H,4-5,8H2,(H,20,24). The zero-order valence-corrected chi connectivity index (χ0v) is 14.3. The third-order valence-corrected chi connectivity index (χ3v) is 4.05. The fraction of sp³-hybridized carbons (Fsp3) is 0.176. The highest BCUT2D eigenvalue weighted by atomic mass is 35.5. The number of hydrogen-bond donors (Lipinski definition) is 1. The molecule has 1 N–H and O–H groups in total. The number of halogens is 1. The number of carbonyl (C=O) groups is 1. The maximum atomic E-state index is 12.4. The number of nitrogens with one attached hydrogen (secondary N) is 1. The Labute approximate surface area is 153 Å². The lowest BCUT2D eigenvalue weighted by Gasteiger charge is -2.20. The van der Waals surface area contributed by atoms with E-state index in [2.05, 4.69) is 20.8 Å². The van der Waals surface area contributed by atoms with Gasteiger partial charge >= 0.3 is 0 Å². The van der Waals surface area contributed by atoms with Gasteiger partial charge in [0.2, 0.25) is 5.91 Å². The lowest BCUT2D eigenvalue weighted by Crippen LogP contribution is -2.17. The van der Waals surface area contributed by atoms with E-state index >= 15 is 0 Å². The van der Waals surface area contributed by atoms with E-state index in [9.17, 15) is 4.79 Å². The van der Waals surface area contributed by atoms with Gasteiger partial charge in [0.1, 0.15) is 19.5 Å². The number of nitrogens with zero attached hydrogens (tertiary/aromatic N) is 4. The summed E-state index contributed by atoms with van der Waals surface area (Å²) in [5.74, 6) is 0.912. The normalized spacial score (nSPS) is 12.7. The fourth-order valence-electron chi connectivity index (χ4n) is 2.66. The highest BCUT2D eigenvalue weighted by molar-refractivity contribution is 6.32. The third kappa shape index (κ3) is 3.45. The van der Waals surface area contributed by atoms with E-state index < -0.39 is 0 Å². The van der Waals surface area contributed by atoms with Gasteiger partial charge in [-0.1, -0.05) is 17.7 Å². The second-order valence-corrected chi connectivity index (χ2v) is 6.04. The van der Waals surface area contributed by atoms with Gasteiger partial charge < -0.3 is 14.8 Å². The predicted octanol–water partition coefficient (Wildman–Crippen LogP) is 2.27. The van der Waals surface area contributed by atoms with Gasteiger partial charge in [-0.25, -0.2) is 4.68 Å². The van der Waals surface area contributed by atoms with Crippen molar-refractivity contribution in [1.29, 1.82) is 0 Å². The van der Waals surface area contributed by atoms with Crippen LogP contribution < -0.4 is 14.8 Å². The number of benzene rings is 2. The predicted molar refractivity (Wildman–Crippen MR) is 93.9 cm³/mol. The van der Waals surface area contributed by atoms with E-state index in [-0.39, 0.29) is 12.3 Å². The molecule has 0 atom stereocenters. The van der Waals surface area contributed by atoms with Gasteiger partial charge in [0.15, 0.2) is 11.5 Å². The van der Waals surface area contributed by atoms with Crippen LogP contribution in [0.1, 0.15) is 5.56 Å². The van der Waals surface area contributed by atoms with Crippen LogP contribution in [0.25, 0.3) is 5.69 Å². The Hall–Kier alpha value is -3.13. The van der Waals surface area contributed by atoms with Crippen molar-refractivity contribution in [1.82, 2.24) is 20.2 Å². The number of carbonyl (C=O) groups excluding carboxylic acids is 1. The molecule has 2 heterocycles. The van der Waals surface area contributed by atoms with Gasteiger partial charge in [-0.2, -0.15) is 0 Å². The minimum Gasteiger partial charge on any atom is -0.486 e.